The lowest BCUT2D eigenvalue weighted by atomic mass is 10.1. The van der Waals surface area contributed by atoms with Gasteiger partial charge in [-0.25, -0.2) is 0 Å². The first-order chi connectivity index (χ1) is 8.83. The molecular formula is C14H12N2O2. The standard InChI is InChI=1S/C14H12N2O2/c15-9-12(10-16)7-11-3-1-4-13(8-11)14-17-5-2-6-18-14/h1,3-4,7-8,14H,2,5-6H2. The maximum Gasteiger partial charge on any atom is 0.183 e. The zero-order valence-corrected chi connectivity index (χ0v) is 9.80. The number of benzene rings is 1. The molecule has 0 atom stereocenters. The van der Waals surface area contributed by atoms with Crippen LogP contribution in [0.15, 0.2) is 29.8 Å². The fourth-order valence-corrected chi connectivity index (χ4v) is 1.73. The van der Waals surface area contributed by atoms with Crippen molar-refractivity contribution in [1.82, 2.24) is 0 Å². The van der Waals surface area contributed by atoms with Gasteiger partial charge in [0.2, 0.25) is 0 Å². The Kier molecular flexibility index (Phi) is 4.09. The second kappa shape index (κ2) is 5.97. The molecule has 18 heavy (non-hydrogen) atoms. The molecule has 4 nitrogen and oxygen atoms in total. The summed E-state index contributed by atoms with van der Waals surface area (Å²) in [4.78, 5) is 0. The third-order valence-corrected chi connectivity index (χ3v) is 2.56. The average Bonchev–Trinajstić information content (AvgIpc) is 2.46. The highest BCUT2D eigenvalue weighted by molar-refractivity contribution is 5.62. The summed E-state index contributed by atoms with van der Waals surface area (Å²) in [7, 11) is 0. The Bertz CT molecular complexity index is 515. The van der Waals surface area contributed by atoms with Crippen LogP contribution in [0.25, 0.3) is 6.08 Å². The van der Waals surface area contributed by atoms with Gasteiger partial charge >= 0.3 is 0 Å². The monoisotopic (exact) mass is 240 g/mol. The molecule has 1 fully saturated rings. The molecule has 0 N–H and O–H groups in total. The highest BCUT2D eigenvalue weighted by Crippen LogP contribution is 2.24. The zero-order valence-electron chi connectivity index (χ0n) is 9.80. The summed E-state index contributed by atoms with van der Waals surface area (Å²) >= 11 is 0. The highest BCUT2D eigenvalue weighted by atomic mass is 16.7. The van der Waals surface area contributed by atoms with Crippen LogP contribution >= 0.6 is 0 Å². The molecule has 90 valence electrons. The van der Waals surface area contributed by atoms with Crippen LogP contribution in [-0.2, 0) is 9.47 Å². The molecule has 1 saturated heterocycles. The van der Waals surface area contributed by atoms with Crippen molar-refractivity contribution in [3.05, 3.63) is 41.0 Å². The van der Waals surface area contributed by atoms with Crippen molar-refractivity contribution in [3.63, 3.8) is 0 Å². The molecule has 0 unspecified atom stereocenters. The van der Waals surface area contributed by atoms with Gasteiger partial charge in [0.05, 0.1) is 13.2 Å². The Morgan fingerprint density at radius 3 is 2.61 bits per heavy atom. The molecule has 1 aliphatic heterocycles. The predicted molar refractivity (Wildman–Crippen MR) is 64.9 cm³/mol. The molecule has 0 aromatic heterocycles. The molecule has 1 heterocycles. The normalized spacial score (nSPS) is 15.4. The average molecular weight is 240 g/mol. The summed E-state index contributed by atoms with van der Waals surface area (Å²) in [6, 6.07) is 11.1. The molecule has 1 aliphatic rings. The van der Waals surface area contributed by atoms with Crippen LogP contribution in [0, 0.1) is 22.7 Å². The van der Waals surface area contributed by atoms with Gasteiger partial charge in [0, 0.05) is 5.56 Å². The van der Waals surface area contributed by atoms with E-state index in [4.69, 9.17) is 20.0 Å². The van der Waals surface area contributed by atoms with Gasteiger partial charge in [-0.3, -0.25) is 0 Å². The van der Waals surface area contributed by atoms with E-state index in [0.717, 1.165) is 17.5 Å². The van der Waals surface area contributed by atoms with Gasteiger partial charge < -0.3 is 9.47 Å². The predicted octanol–water partition coefficient (Wildman–Crippen LogP) is 2.55. The van der Waals surface area contributed by atoms with E-state index in [1.54, 1.807) is 6.08 Å². The Hall–Kier alpha value is -2.14. The van der Waals surface area contributed by atoms with Gasteiger partial charge in [0.15, 0.2) is 6.29 Å². The molecule has 1 aromatic rings. The zero-order chi connectivity index (χ0) is 12.8. The van der Waals surface area contributed by atoms with Crippen LogP contribution in [0.2, 0.25) is 0 Å². The minimum absolute atomic E-state index is 0.0811. The minimum atomic E-state index is -0.347. The first-order valence-electron chi connectivity index (χ1n) is 5.68. The topological polar surface area (TPSA) is 66.0 Å². The van der Waals surface area contributed by atoms with Crippen molar-refractivity contribution >= 4 is 6.08 Å². The SMILES string of the molecule is N#CC(C#N)=Cc1cccc(C2OCCCO2)c1. The number of hydrogen-bond acceptors (Lipinski definition) is 4. The molecule has 4 heteroatoms. The lowest BCUT2D eigenvalue weighted by Crippen LogP contribution is -2.17. The van der Waals surface area contributed by atoms with Crippen LogP contribution < -0.4 is 0 Å². The Balaban J connectivity index is 2.23. The fraction of sp³-hybridized carbons (Fsp3) is 0.286. The fourth-order valence-electron chi connectivity index (χ4n) is 1.73. The molecule has 0 bridgehead atoms. The van der Waals surface area contributed by atoms with E-state index in [9.17, 15) is 0 Å². The number of nitriles is 2. The van der Waals surface area contributed by atoms with Gasteiger partial charge in [0.1, 0.15) is 17.7 Å². The van der Waals surface area contributed by atoms with E-state index >= 15 is 0 Å². The first kappa shape index (κ1) is 12.3. The third kappa shape index (κ3) is 2.95. The van der Waals surface area contributed by atoms with Gasteiger partial charge in [-0.15, -0.1) is 0 Å². The van der Waals surface area contributed by atoms with Crippen LogP contribution in [-0.4, -0.2) is 13.2 Å². The number of rotatable bonds is 2. The summed E-state index contributed by atoms with van der Waals surface area (Å²) < 4.78 is 11.0. The maximum absolute atomic E-state index is 8.72. The summed E-state index contributed by atoms with van der Waals surface area (Å²) in [6.45, 7) is 1.37. The third-order valence-electron chi connectivity index (χ3n) is 2.56. The molecule has 0 spiro atoms. The molecular weight excluding hydrogens is 228 g/mol. The van der Waals surface area contributed by atoms with Crippen LogP contribution in [0.5, 0.6) is 0 Å². The molecule has 1 aromatic carbocycles. The summed E-state index contributed by atoms with van der Waals surface area (Å²) in [6.07, 6.45) is 2.11. The quantitative estimate of drug-likeness (QED) is 0.745. The van der Waals surface area contributed by atoms with Crippen molar-refractivity contribution in [1.29, 1.82) is 10.5 Å². The largest absolute Gasteiger partial charge is 0.348 e. The van der Waals surface area contributed by atoms with Crippen molar-refractivity contribution in [2.24, 2.45) is 0 Å². The summed E-state index contributed by atoms with van der Waals surface area (Å²) in [5, 5.41) is 17.4. The molecule has 0 radical (unpaired) electrons. The maximum atomic E-state index is 8.72. The smallest absolute Gasteiger partial charge is 0.183 e. The van der Waals surface area contributed by atoms with Crippen LogP contribution in [0.4, 0.5) is 0 Å². The van der Waals surface area contributed by atoms with Crippen molar-refractivity contribution in [3.8, 4) is 12.1 Å². The van der Waals surface area contributed by atoms with Crippen LogP contribution in [0.3, 0.4) is 0 Å². The molecule has 0 saturated carbocycles. The van der Waals surface area contributed by atoms with E-state index in [0.29, 0.717) is 13.2 Å². The van der Waals surface area contributed by atoms with E-state index < -0.39 is 0 Å². The second-order valence-electron chi connectivity index (χ2n) is 3.88. The number of allylic oxidation sites excluding steroid dienone is 1. The van der Waals surface area contributed by atoms with E-state index in [2.05, 4.69) is 0 Å². The van der Waals surface area contributed by atoms with E-state index in [1.165, 1.54) is 0 Å². The Morgan fingerprint density at radius 2 is 1.94 bits per heavy atom. The summed E-state index contributed by atoms with van der Waals surface area (Å²) in [5.74, 6) is 0. The lowest BCUT2D eigenvalue weighted by molar-refractivity contribution is -0.183. The Morgan fingerprint density at radius 1 is 1.22 bits per heavy atom. The number of hydrogen-bond donors (Lipinski definition) is 0. The van der Waals surface area contributed by atoms with Gasteiger partial charge in [-0.05, 0) is 24.1 Å². The van der Waals surface area contributed by atoms with Crippen molar-refractivity contribution in [2.45, 2.75) is 12.7 Å². The molecule has 0 amide bonds. The van der Waals surface area contributed by atoms with Crippen LogP contribution in [0.1, 0.15) is 23.8 Å². The number of nitrogens with zero attached hydrogens (tertiary/aromatic N) is 2. The second-order valence-corrected chi connectivity index (χ2v) is 3.88. The van der Waals surface area contributed by atoms with Gasteiger partial charge in [-0.1, -0.05) is 18.2 Å². The van der Waals surface area contributed by atoms with E-state index in [-0.39, 0.29) is 11.9 Å². The summed E-state index contributed by atoms with van der Waals surface area (Å²) in [5.41, 5.74) is 1.78. The minimum Gasteiger partial charge on any atom is -0.348 e. The lowest BCUT2D eigenvalue weighted by Gasteiger charge is -2.23. The molecule has 0 aliphatic carbocycles. The Labute approximate surface area is 106 Å². The van der Waals surface area contributed by atoms with Gasteiger partial charge in [-0.2, -0.15) is 10.5 Å². The van der Waals surface area contributed by atoms with Gasteiger partial charge in [0.25, 0.3) is 0 Å². The molecule has 2 rings (SSSR count). The van der Waals surface area contributed by atoms with E-state index in [1.807, 2.05) is 36.4 Å². The first-order valence-corrected chi connectivity index (χ1v) is 5.68. The van der Waals surface area contributed by atoms with Crippen molar-refractivity contribution < 1.29 is 9.47 Å². The van der Waals surface area contributed by atoms with Crippen molar-refractivity contribution in [2.75, 3.05) is 13.2 Å². The highest BCUT2D eigenvalue weighted by Gasteiger charge is 2.16. The number of ether oxygens (including phenoxy) is 2.